The van der Waals surface area contributed by atoms with Crippen molar-refractivity contribution >= 4 is 11.8 Å². The van der Waals surface area contributed by atoms with Crippen molar-refractivity contribution in [2.24, 2.45) is 5.92 Å². The summed E-state index contributed by atoms with van der Waals surface area (Å²) >= 11 is 0. The molecule has 2 aromatic rings. The molecule has 0 spiro atoms. The maximum Gasteiger partial charge on any atom is 0.256 e. The van der Waals surface area contributed by atoms with Crippen LogP contribution >= 0.6 is 0 Å². The number of benzene rings is 1. The second kappa shape index (κ2) is 7.94. The molecule has 1 saturated heterocycles. The van der Waals surface area contributed by atoms with E-state index in [4.69, 9.17) is 4.98 Å². The Kier molecular flexibility index (Phi) is 5.12. The molecule has 7 heteroatoms. The monoisotopic (exact) mass is 420 g/mol. The van der Waals surface area contributed by atoms with Crippen molar-refractivity contribution in [3.05, 3.63) is 62.8 Å². The fourth-order valence-electron chi connectivity index (χ4n) is 4.70. The van der Waals surface area contributed by atoms with Gasteiger partial charge in [0.15, 0.2) is 0 Å². The first kappa shape index (κ1) is 20.0. The molecule has 7 nitrogen and oxygen atoms in total. The summed E-state index contributed by atoms with van der Waals surface area (Å²) in [6, 6.07) is 7.38. The number of carbonyl (C=O) groups excluding carboxylic acids is 2. The predicted molar refractivity (Wildman–Crippen MR) is 116 cm³/mol. The zero-order valence-electron chi connectivity index (χ0n) is 17.9. The Labute approximate surface area is 181 Å². The highest BCUT2D eigenvalue weighted by molar-refractivity contribution is 5.94. The maximum atomic E-state index is 13.2. The van der Waals surface area contributed by atoms with E-state index in [-0.39, 0.29) is 29.3 Å². The molecule has 2 amide bonds. The van der Waals surface area contributed by atoms with Crippen LogP contribution in [0.3, 0.4) is 0 Å². The molecule has 2 fully saturated rings. The number of aryl methyl sites for hydroxylation is 1. The van der Waals surface area contributed by atoms with Crippen LogP contribution in [0.2, 0.25) is 0 Å². The van der Waals surface area contributed by atoms with Gasteiger partial charge in [0.1, 0.15) is 5.82 Å². The van der Waals surface area contributed by atoms with Crippen LogP contribution in [0, 0.1) is 12.8 Å². The summed E-state index contributed by atoms with van der Waals surface area (Å²) in [4.78, 5) is 50.0. The van der Waals surface area contributed by atoms with E-state index in [0.29, 0.717) is 43.0 Å². The summed E-state index contributed by atoms with van der Waals surface area (Å²) in [7, 11) is 0. The predicted octanol–water partition coefficient (Wildman–Crippen LogP) is 2.74. The van der Waals surface area contributed by atoms with E-state index in [1.165, 1.54) is 0 Å². The lowest BCUT2D eigenvalue weighted by molar-refractivity contribution is -0.133. The fraction of sp³-hybridized carbons (Fsp3) is 0.500. The topological polar surface area (TPSA) is 86.4 Å². The molecule has 2 aliphatic heterocycles. The molecule has 1 aromatic carbocycles. The Morgan fingerprint density at radius 2 is 1.84 bits per heavy atom. The van der Waals surface area contributed by atoms with Crippen LogP contribution in [-0.2, 0) is 17.8 Å². The number of fused-ring (bicyclic) bond motifs is 1. The molecule has 3 aliphatic rings. The second-order valence-corrected chi connectivity index (χ2v) is 9.04. The molecule has 1 saturated carbocycles. The van der Waals surface area contributed by atoms with Gasteiger partial charge >= 0.3 is 0 Å². The summed E-state index contributed by atoms with van der Waals surface area (Å²) in [5, 5.41) is 0. The number of amides is 2. The number of hydrogen-bond donors (Lipinski definition) is 1. The molecule has 1 aromatic heterocycles. The average Bonchev–Trinajstić information content (AvgIpc) is 3.64. The third-order valence-corrected chi connectivity index (χ3v) is 6.70. The number of carbonyl (C=O) groups is 2. The minimum Gasteiger partial charge on any atom is -0.337 e. The molecule has 0 unspecified atom stereocenters. The lowest BCUT2D eigenvalue weighted by Crippen LogP contribution is -2.43. The van der Waals surface area contributed by atoms with E-state index >= 15 is 0 Å². The molecule has 31 heavy (non-hydrogen) atoms. The van der Waals surface area contributed by atoms with Crippen molar-refractivity contribution in [3.63, 3.8) is 0 Å². The number of nitrogens with zero attached hydrogens (tertiary/aromatic N) is 3. The highest BCUT2D eigenvalue weighted by Gasteiger charge is 2.36. The fourth-order valence-corrected chi connectivity index (χ4v) is 4.70. The maximum absolute atomic E-state index is 13.2. The number of hydrogen-bond acceptors (Lipinski definition) is 4. The summed E-state index contributed by atoms with van der Waals surface area (Å²) in [6.45, 7) is 3.60. The van der Waals surface area contributed by atoms with Gasteiger partial charge in [-0.15, -0.1) is 0 Å². The van der Waals surface area contributed by atoms with Gasteiger partial charge in [-0.1, -0.05) is 17.7 Å². The molecule has 162 valence electrons. The first-order valence-electron chi connectivity index (χ1n) is 11.3. The number of rotatable bonds is 3. The third-order valence-electron chi connectivity index (χ3n) is 6.70. The van der Waals surface area contributed by atoms with Crippen LogP contribution in [0.4, 0.5) is 0 Å². The number of nitrogens with one attached hydrogen (secondary N) is 1. The first-order chi connectivity index (χ1) is 15.0. The minimum absolute atomic E-state index is 0.0220. The van der Waals surface area contributed by atoms with E-state index in [1.54, 1.807) is 4.90 Å². The number of aromatic nitrogens is 2. The first-order valence-corrected chi connectivity index (χ1v) is 11.3. The summed E-state index contributed by atoms with van der Waals surface area (Å²) in [5.41, 5.74) is 2.96. The largest absolute Gasteiger partial charge is 0.337 e. The quantitative estimate of drug-likeness (QED) is 0.827. The average molecular weight is 421 g/mol. The van der Waals surface area contributed by atoms with Crippen molar-refractivity contribution in [2.45, 2.75) is 58.0 Å². The Morgan fingerprint density at radius 3 is 2.58 bits per heavy atom. The SMILES string of the molecule is Cc1ccc(C(=O)N2CCCC[C@@H]2c2nc3c(c(=O)[nH]2)CN(C(=O)C2CC2)CC3)cc1. The van der Waals surface area contributed by atoms with Gasteiger partial charge in [0, 0.05) is 31.0 Å². The van der Waals surface area contributed by atoms with Gasteiger partial charge < -0.3 is 14.8 Å². The molecule has 1 N–H and O–H groups in total. The van der Waals surface area contributed by atoms with Crippen molar-refractivity contribution in [1.29, 1.82) is 0 Å². The smallest absolute Gasteiger partial charge is 0.256 e. The summed E-state index contributed by atoms with van der Waals surface area (Å²) in [6.07, 6.45) is 5.23. The van der Waals surface area contributed by atoms with Crippen molar-refractivity contribution in [3.8, 4) is 0 Å². The number of aromatic amines is 1. The van der Waals surface area contributed by atoms with Crippen molar-refractivity contribution in [1.82, 2.24) is 19.8 Å². The molecular weight excluding hydrogens is 392 g/mol. The number of piperidine rings is 1. The van der Waals surface area contributed by atoms with E-state index in [9.17, 15) is 14.4 Å². The molecule has 1 atom stereocenters. The second-order valence-electron chi connectivity index (χ2n) is 9.04. The van der Waals surface area contributed by atoms with Crippen LogP contribution in [0.5, 0.6) is 0 Å². The summed E-state index contributed by atoms with van der Waals surface area (Å²) < 4.78 is 0. The van der Waals surface area contributed by atoms with Gasteiger partial charge in [0.25, 0.3) is 11.5 Å². The summed E-state index contributed by atoms with van der Waals surface area (Å²) in [5.74, 6) is 0.866. The van der Waals surface area contributed by atoms with Gasteiger partial charge in [-0.05, 0) is 51.2 Å². The van der Waals surface area contributed by atoms with Crippen LogP contribution in [0.1, 0.15) is 71.1 Å². The standard InChI is InChI=1S/C24H28N4O3/c1-15-5-7-17(8-6-15)24(31)28-12-3-2-4-20(28)21-25-19-11-13-27(23(30)16-9-10-16)14-18(19)22(29)26-21/h5-8,16,20H,2-4,9-14H2,1H3,(H,25,26,29)/t20-/m1/s1. The van der Waals surface area contributed by atoms with Crippen molar-refractivity contribution < 1.29 is 9.59 Å². The Morgan fingerprint density at radius 1 is 1.06 bits per heavy atom. The number of likely N-dealkylation sites (tertiary alicyclic amines) is 1. The zero-order valence-corrected chi connectivity index (χ0v) is 17.9. The van der Waals surface area contributed by atoms with Gasteiger partial charge in [-0.25, -0.2) is 4.98 Å². The third kappa shape index (κ3) is 3.89. The van der Waals surface area contributed by atoms with Gasteiger partial charge in [-0.2, -0.15) is 0 Å². The lowest BCUT2D eigenvalue weighted by atomic mass is 9.99. The van der Waals surface area contributed by atoms with Crippen molar-refractivity contribution in [2.75, 3.05) is 13.1 Å². The molecule has 3 heterocycles. The highest BCUT2D eigenvalue weighted by Crippen LogP contribution is 2.33. The molecule has 1 aliphatic carbocycles. The minimum atomic E-state index is -0.230. The zero-order chi connectivity index (χ0) is 21.5. The molecular formula is C24H28N4O3. The van der Waals surface area contributed by atoms with E-state index in [1.807, 2.05) is 36.1 Å². The normalized spacial score (nSPS) is 21.0. The number of H-pyrrole nitrogens is 1. The Balaban J connectivity index is 1.41. The van der Waals surface area contributed by atoms with Gasteiger partial charge in [0.2, 0.25) is 5.91 Å². The lowest BCUT2D eigenvalue weighted by Gasteiger charge is -2.36. The molecule has 5 rings (SSSR count). The highest BCUT2D eigenvalue weighted by atomic mass is 16.2. The molecule has 0 radical (unpaired) electrons. The van der Waals surface area contributed by atoms with Crippen LogP contribution < -0.4 is 5.56 Å². The Hall–Kier alpha value is -2.96. The van der Waals surface area contributed by atoms with Crippen LogP contribution in [-0.4, -0.2) is 44.7 Å². The molecule has 0 bridgehead atoms. The van der Waals surface area contributed by atoms with Gasteiger partial charge in [-0.3, -0.25) is 14.4 Å². The van der Waals surface area contributed by atoms with E-state index in [2.05, 4.69) is 4.98 Å². The van der Waals surface area contributed by atoms with E-state index in [0.717, 1.165) is 43.4 Å². The van der Waals surface area contributed by atoms with E-state index < -0.39 is 0 Å². The van der Waals surface area contributed by atoms with Crippen LogP contribution in [0.25, 0.3) is 0 Å². The Bertz CT molecular complexity index is 1070. The van der Waals surface area contributed by atoms with Gasteiger partial charge in [0.05, 0.1) is 23.8 Å². The van der Waals surface area contributed by atoms with Crippen LogP contribution in [0.15, 0.2) is 29.1 Å².